The minimum absolute atomic E-state index is 0.370. The van der Waals surface area contributed by atoms with E-state index in [9.17, 15) is 0 Å². The van der Waals surface area contributed by atoms with Crippen molar-refractivity contribution in [1.29, 1.82) is 0 Å². The second-order valence-electron chi connectivity index (χ2n) is 6.84. The number of nitrogens with one attached hydrogen (secondary N) is 1. The Kier molecular flexibility index (Phi) is 4.51. The van der Waals surface area contributed by atoms with E-state index in [0.717, 1.165) is 57.8 Å². The van der Waals surface area contributed by atoms with Gasteiger partial charge in [-0.2, -0.15) is 0 Å². The average Bonchev–Trinajstić information content (AvgIpc) is 2.69. The van der Waals surface area contributed by atoms with Gasteiger partial charge >= 0.3 is 0 Å². The molecule has 0 radical (unpaired) electrons. The smallest absolute Gasteiger partial charge is 0.126 e. The number of hydrogen-bond acceptors (Lipinski definition) is 3. The van der Waals surface area contributed by atoms with Crippen molar-refractivity contribution in [2.45, 2.75) is 45.6 Å². The summed E-state index contributed by atoms with van der Waals surface area (Å²) in [6.45, 7) is 8.23. The topological polar surface area (TPSA) is 30.5 Å². The third-order valence-electron chi connectivity index (χ3n) is 4.98. The largest absolute Gasteiger partial charge is 0.493 e. The zero-order chi connectivity index (χ0) is 14.7. The van der Waals surface area contributed by atoms with Crippen molar-refractivity contribution in [3.8, 4) is 5.75 Å². The van der Waals surface area contributed by atoms with Crippen LogP contribution in [0.2, 0.25) is 0 Å². The molecular weight excluding hydrogens is 262 g/mol. The van der Waals surface area contributed by atoms with E-state index in [-0.39, 0.29) is 0 Å². The normalized spacial score (nSPS) is 24.8. The third kappa shape index (κ3) is 3.41. The van der Waals surface area contributed by atoms with E-state index in [2.05, 4.69) is 37.4 Å². The number of aryl methyl sites for hydroxylation is 1. The summed E-state index contributed by atoms with van der Waals surface area (Å²) in [4.78, 5) is 0. The van der Waals surface area contributed by atoms with Crippen molar-refractivity contribution in [3.05, 3.63) is 29.3 Å². The molecule has 0 aliphatic carbocycles. The summed E-state index contributed by atoms with van der Waals surface area (Å²) in [6.07, 6.45) is 4.59. The lowest BCUT2D eigenvalue weighted by Gasteiger charge is -2.35. The van der Waals surface area contributed by atoms with Gasteiger partial charge in [-0.1, -0.05) is 25.1 Å². The Morgan fingerprint density at radius 3 is 2.86 bits per heavy atom. The number of para-hydroxylation sites is 1. The minimum Gasteiger partial charge on any atom is -0.493 e. The van der Waals surface area contributed by atoms with Crippen molar-refractivity contribution < 1.29 is 9.47 Å². The van der Waals surface area contributed by atoms with Gasteiger partial charge in [0, 0.05) is 31.4 Å². The van der Waals surface area contributed by atoms with E-state index in [1.54, 1.807) is 0 Å². The van der Waals surface area contributed by atoms with E-state index in [1.165, 1.54) is 11.1 Å². The van der Waals surface area contributed by atoms with Gasteiger partial charge in [0.1, 0.15) is 5.75 Å². The fraction of sp³-hybridized carbons (Fsp3) is 0.667. The lowest BCUT2D eigenvalue weighted by atomic mass is 9.82. The third-order valence-corrected chi connectivity index (χ3v) is 4.98. The molecule has 1 saturated heterocycles. The molecule has 1 fully saturated rings. The van der Waals surface area contributed by atoms with Crippen molar-refractivity contribution >= 4 is 0 Å². The fourth-order valence-corrected chi connectivity index (χ4v) is 3.39. The monoisotopic (exact) mass is 289 g/mol. The molecule has 0 bridgehead atoms. The minimum atomic E-state index is 0.370. The molecule has 1 unspecified atom stereocenters. The van der Waals surface area contributed by atoms with Crippen molar-refractivity contribution in [2.75, 3.05) is 26.4 Å². The molecule has 0 amide bonds. The van der Waals surface area contributed by atoms with Crippen LogP contribution in [0.5, 0.6) is 5.75 Å². The molecule has 3 heteroatoms. The predicted octanol–water partition coefficient (Wildman–Crippen LogP) is 3.62. The van der Waals surface area contributed by atoms with Gasteiger partial charge < -0.3 is 14.8 Å². The first-order chi connectivity index (χ1) is 10.2. The van der Waals surface area contributed by atoms with E-state index < -0.39 is 0 Å². The highest BCUT2D eigenvalue weighted by atomic mass is 16.5. The lowest BCUT2D eigenvalue weighted by Crippen LogP contribution is -2.38. The number of ether oxygens (including phenoxy) is 2. The van der Waals surface area contributed by atoms with Gasteiger partial charge in [0.25, 0.3) is 0 Å². The van der Waals surface area contributed by atoms with Gasteiger partial charge in [-0.05, 0) is 43.6 Å². The first-order valence-electron chi connectivity index (χ1n) is 8.21. The van der Waals surface area contributed by atoms with Crippen LogP contribution in [0.4, 0.5) is 0 Å². The fourth-order valence-electron chi connectivity index (χ4n) is 3.39. The first kappa shape index (κ1) is 14.9. The molecule has 1 aromatic rings. The molecular formula is C18H27NO2. The van der Waals surface area contributed by atoms with Gasteiger partial charge in [-0.15, -0.1) is 0 Å². The van der Waals surface area contributed by atoms with Crippen molar-refractivity contribution in [1.82, 2.24) is 5.32 Å². The molecule has 0 saturated carbocycles. The molecule has 116 valence electrons. The average molecular weight is 289 g/mol. The van der Waals surface area contributed by atoms with Crippen LogP contribution < -0.4 is 10.1 Å². The quantitative estimate of drug-likeness (QED) is 0.922. The van der Waals surface area contributed by atoms with Crippen LogP contribution in [0, 0.1) is 12.3 Å². The maximum absolute atomic E-state index is 5.97. The number of benzene rings is 1. The summed E-state index contributed by atoms with van der Waals surface area (Å²) in [5.74, 6) is 1.10. The molecule has 1 N–H and O–H groups in total. The predicted molar refractivity (Wildman–Crippen MR) is 84.8 cm³/mol. The Hall–Kier alpha value is -1.06. The van der Waals surface area contributed by atoms with Gasteiger partial charge in [0.2, 0.25) is 0 Å². The summed E-state index contributed by atoms with van der Waals surface area (Å²) in [6, 6.07) is 6.92. The zero-order valence-corrected chi connectivity index (χ0v) is 13.3. The lowest BCUT2D eigenvalue weighted by molar-refractivity contribution is 0.0227. The summed E-state index contributed by atoms with van der Waals surface area (Å²) < 4.78 is 11.5. The van der Waals surface area contributed by atoms with Crippen LogP contribution in [0.25, 0.3) is 0 Å². The first-order valence-corrected chi connectivity index (χ1v) is 8.21. The summed E-state index contributed by atoms with van der Waals surface area (Å²) in [5.41, 5.74) is 2.96. The Bertz CT molecular complexity index is 480. The Labute approximate surface area is 128 Å². The summed E-state index contributed by atoms with van der Waals surface area (Å²) >= 11 is 0. The number of hydrogen-bond donors (Lipinski definition) is 1. The Balaban J connectivity index is 1.72. The number of fused-ring (bicyclic) bond motifs is 1. The molecule has 2 heterocycles. The van der Waals surface area contributed by atoms with E-state index in [1.807, 2.05) is 0 Å². The summed E-state index contributed by atoms with van der Waals surface area (Å²) in [7, 11) is 0. The molecule has 1 aromatic carbocycles. The van der Waals surface area contributed by atoms with Gasteiger partial charge in [0.15, 0.2) is 0 Å². The van der Waals surface area contributed by atoms with Crippen LogP contribution in [0.15, 0.2) is 18.2 Å². The highest BCUT2D eigenvalue weighted by Crippen LogP contribution is 2.35. The molecule has 21 heavy (non-hydrogen) atoms. The maximum Gasteiger partial charge on any atom is 0.126 e. The maximum atomic E-state index is 5.97. The molecule has 0 aromatic heterocycles. The van der Waals surface area contributed by atoms with Crippen LogP contribution in [0.3, 0.4) is 0 Å². The highest BCUT2D eigenvalue weighted by Gasteiger charge is 2.29. The van der Waals surface area contributed by atoms with Crippen molar-refractivity contribution in [3.63, 3.8) is 0 Å². The standard InChI is InChI=1S/C18H27NO2/c1-14-5-3-6-15-16(7-4-10-21-17(14)15)19-13-18(2)8-11-20-12-9-18/h3,5-6,16,19H,4,7-13H2,1-2H3. The second kappa shape index (κ2) is 6.37. The second-order valence-corrected chi connectivity index (χ2v) is 6.84. The molecule has 1 atom stereocenters. The van der Waals surface area contributed by atoms with Crippen LogP contribution in [-0.2, 0) is 4.74 Å². The van der Waals surface area contributed by atoms with E-state index >= 15 is 0 Å². The molecule has 3 nitrogen and oxygen atoms in total. The van der Waals surface area contributed by atoms with Gasteiger partial charge in [0.05, 0.1) is 6.61 Å². The molecule has 0 spiro atoms. The zero-order valence-electron chi connectivity index (χ0n) is 13.3. The summed E-state index contributed by atoms with van der Waals surface area (Å²) in [5, 5.41) is 3.82. The van der Waals surface area contributed by atoms with Gasteiger partial charge in [-0.3, -0.25) is 0 Å². The van der Waals surface area contributed by atoms with Crippen molar-refractivity contribution in [2.24, 2.45) is 5.41 Å². The Morgan fingerprint density at radius 2 is 2.05 bits per heavy atom. The molecule has 3 rings (SSSR count). The van der Waals surface area contributed by atoms with Crippen LogP contribution >= 0.6 is 0 Å². The van der Waals surface area contributed by atoms with E-state index in [4.69, 9.17) is 9.47 Å². The molecule has 2 aliphatic heterocycles. The van der Waals surface area contributed by atoms with Crippen LogP contribution in [0.1, 0.15) is 49.8 Å². The SMILES string of the molecule is Cc1cccc2c1OCCCC2NCC1(C)CCOCC1. The van der Waals surface area contributed by atoms with Gasteiger partial charge in [-0.25, -0.2) is 0 Å². The van der Waals surface area contributed by atoms with E-state index in [0.29, 0.717) is 11.5 Å². The Morgan fingerprint density at radius 1 is 1.24 bits per heavy atom. The highest BCUT2D eigenvalue weighted by molar-refractivity contribution is 5.43. The van der Waals surface area contributed by atoms with Crippen LogP contribution in [-0.4, -0.2) is 26.4 Å². The molecule has 2 aliphatic rings. The number of rotatable bonds is 3.